The van der Waals surface area contributed by atoms with Gasteiger partial charge >= 0.3 is 6.18 Å². The molecule has 0 fully saturated rings. The van der Waals surface area contributed by atoms with E-state index in [-0.39, 0.29) is 18.4 Å². The first-order chi connectivity index (χ1) is 12.3. The van der Waals surface area contributed by atoms with Gasteiger partial charge in [-0.25, -0.2) is 0 Å². The fourth-order valence-electron chi connectivity index (χ4n) is 3.16. The summed E-state index contributed by atoms with van der Waals surface area (Å²) < 4.78 is 37.6. The lowest BCUT2D eigenvalue weighted by atomic mass is 9.89. The van der Waals surface area contributed by atoms with Gasteiger partial charge in [0.2, 0.25) is 5.91 Å². The van der Waals surface area contributed by atoms with Crippen LogP contribution in [0.5, 0.6) is 0 Å². The van der Waals surface area contributed by atoms with E-state index in [0.717, 1.165) is 30.5 Å². The van der Waals surface area contributed by atoms with Crippen molar-refractivity contribution in [3.63, 3.8) is 0 Å². The normalized spacial score (nSPS) is 16.8. The predicted octanol–water partition coefficient (Wildman–Crippen LogP) is 4.13. The number of aliphatic hydroxyl groups is 1. The molecule has 0 aliphatic heterocycles. The third-order valence-electron chi connectivity index (χ3n) is 4.61. The molecule has 0 saturated heterocycles. The van der Waals surface area contributed by atoms with Gasteiger partial charge in [0.1, 0.15) is 0 Å². The van der Waals surface area contributed by atoms with E-state index < -0.39 is 11.7 Å². The van der Waals surface area contributed by atoms with Crippen LogP contribution in [0.2, 0.25) is 0 Å². The summed E-state index contributed by atoms with van der Waals surface area (Å²) in [4.78, 5) is 12.1. The van der Waals surface area contributed by atoms with E-state index in [9.17, 15) is 23.1 Å². The van der Waals surface area contributed by atoms with Gasteiger partial charge in [0.05, 0.1) is 11.7 Å². The Hall–Kier alpha value is -2.34. The summed E-state index contributed by atoms with van der Waals surface area (Å²) in [5.74, 6) is -0.193. The Morgan fingerprint density at radius 3 is 2.54 bits per heavy atom. The number of amides is 1. The average molecular weight is 363 g/mol. The zero-order chi connectivity index (χ0) is 18.7. The van der Waals surface area contributed by atoms with Crippen LogP contribution < -0.4 is 5.32 Å². The highest BCUT2D eigenvalue weighted by molar-refractivity contribution is 5.91. The second-order valence-electron chi connectivity index (χ2n) is 6.62. The van der Waals surface area contributed by atoms with Crippen LogP contribution >= 0.6 is 0 Å². The van der Waals surface area contributed by atoms with E-state index in [1.165, 1.54) is 17.7 Å². The molecule has 0 saturated carbocycles. The highest BCUT2D eigenvalue weighted by Crippen LogP contribution is 2.29. The minimum Gasteiger partial charge on any atom is -0.393 e. The summed E-state index contributed by atoms with van der Waals surface area (Å²) in [5.41, 5.74) is 2.90. The number of hydrogen-bond acceptors (Lipinski definition) is 2. The van der Waals surface area contributed by atoms with Crippen molar-refractivity contribution in [2.45, 2.75) is 44.4 Å². The summed E-state index contributed by atoms with van der Waals surface area (Å²) in [6.07, 6.45) is -1.96. The van der Waals surface area contributed by atoms with Crippen molar-refractivity contribution in [3.8, 4) is 0 Å². The van der Waals surface area contributed by atoms with Crippen molar-refractivity contribution in [1.82, 2.24) is 0 Å². The Morgan fingerprint density at radius 1 is 1.12 bits per heavy atom. The first kappa shape index (κ1) is 18.5. The van der Waals surface area contributed by atoms with Crippen molar-refractivity contribution < 1.29 is 23.1 Å². The monoisotopic (exact) mass is 363 g/mol. The molecule has 0 spiro atoms. The van der Waals surface area contributed by atoms with Gasteiger partial charge in [0.15, 0.2) is 0 Å². The molecule has 2 N–H and O–H groups in total. The number of fused-ring (bicyclic) bond motifs is 1. The first-order valence-electron chi connectivity index (χ1n) is 8.57. The SMILES string of the molecule is O=C(CCc1ccc(C(F)(F)F)cc1)Nc1ccc2c(c1)CC(O)CC2. The maximum absolute atomic E-state index is 12.5. The Kier molecular flexibility index (Phi) is 5.32. The minimum atomic E-state index is -4.35. The molecule has 26 heavy (non-hydrogen) atoms. The van der Waals surface area contributed by atoms with Crippen LogP contribution in [0.25, 0.3) is 0 Å². The van der Waals surface area contributed by atoms with Gasteiger partial charge in [-0.05, 0) is 66.6 Å². The number of benzene rings is 2. The summed E-state index contributed by atoms with van der Waals surface area (Å²) in [6.45, 7) is 0. The smallest absolute Gasteiger partial charge is 0.393 e. The topological polar surface area (TPSA) is 49.3 Å². The average Bonchev–Trinajstić information content (AvgIpc) is 2.59. The number of alkyl halides is 3. The molecule has 3 nitrogen and oxygen atoms in total. The van der Waals surface area contributed by atoms with Crippen LogP contribution in [0.3, 0.4) is 0 Å². The molecule has 3 rings (SSSR count). The van der Waals surface area contributed by atoms with E-state index in [2.05, 4.69) is 5.32 Å². The van der Waals surface area contributed by atoms with Gasteiger partial charge in [-0.1, -0.05) is 18.2 Å². The molecule has 2 aromatic carbocycles. The van der Waals surface area contributed by atoms with Crippen molar-refractivity contribution in [2.75, 3.05) is 5.32 Å². The number of nitrogens with one attached hydrogen (secondary N) is 1. The molecule has 1 amide bonds. The molecule has 1 aliphatic rings. The Bertz CT molecular complexity index is 785. The van der Waals surface area contributed by atoms with Gasteiger partial charge in [0, 0.05) is 12.1 Å². The molecule has 0 aromatic heterocycles. The standard InChI is InChI=1S/C20H20F3NO2/c21-20(22,23)16-6-1-13(2-7-16)3-10-19(26)24-17-8-4-14-5-9-18(25)12-15(14)11-17/h1-2,4,6-8,11,18,25H,3,5,9-10,12H2,(H,24,26). The highest BCUT2D eigenvalue weighted by Gasteiger charge is 2.29. The number of anilines is 1. The van der Waals surface area contributed by atoms with Crippen LogP contribution in [0.4, 0.5) is 18.9 Å². The summed E-state index contributed by atoms with van der Waals surface area (Å²) in [7, 11) is 0. The second-order valence-corrected chi connectivity index (χ2v) is 6.62. The van der Waals surface area contributed by atoms with Crippen LogP contribution in [-0.4, -0.2) is 17.1 Å². The van der Waals surface area contributed by atoms with Crippen LogP contribution in [-0.2, 0) is 30.2 Å². The van der Waals surface area contributed by atoms with Gasteiger partial charge in [0.25, 0.3) is 0 Å². The maximum Gasteiger partial charge on any atom is 0.416 e. The molecule has 0 bridgehead atoms. The molecule has 0 radical (unpaired) electrons. The van der Waals surface area contributed by atoms with Crippen molar-refractivity contribution in [3.05, 3.63) is 64.7 Å². The summed E-state index contributed by atoms with van der Waals surface area (Å²) in [6, 6.07) is 10.5. The van der Waals surface area contributed by atoms with Crippen LogP contribution in [0.1, 0.15) is 35.1 Å². The number of aryl methyl sites for hydroxylation is 2. The second kappa shape index (κ2) is 7.50. The number of halogens is 3. The third kappa shape index (κ3) is 4.64. The number of hydrogen-bond donors (Lipinski definition) is 2. The molecule has 0 heterocycles. The molecule has 1 atom stereocenters. The van der Waals surface area contributed by atoms with E-state index in [1.54, 1.807) is 0 Å². The molecule has 2 aromatic rings. The zero-order valence-electron chi connectivity index (χ0n) is 14.1. The Morgan fingerprint density at radius 2 is 1.85 bits per heavy atom. The summed E-state index contributed by atoms with van der Waals surface area (Å²) in [5, 5.41) is 12.6. The fraction of sp³-hybridized carbons (Fsp3) is 0.350. The van der Waals surface area contributed by atoms with Gasteiger partial charge in [-0.15, -0.1) is 0 Å². The predicted molar refractivity (Wildman–Crippen MR) is 92.9 cm³/mol. The quantitative estimate of drug-likeness (QED) is 0.858. The fourth-order valence-corrected chi connectivity index (χ4v) is 3.16. The maximum atomic E-state index is 12.5. The first-order valence-corrected chi connectivity index (χ1v) is 8.57. The van der Waals surface area contributed by atoms with Gasteiger partial charge in [-0.3, -0.25) is 4.79 Å². The molecular weight excluding hydrogens is 343 g/mol. The number of rotatable bonds is 4. The lowest BCUT2D eigenvalue weighted by Gasteiger charge is -2.21. The number of aliphatic hydroxyl groups excluding tert-OH is 1. The van der Waals surface area contributed by atoms with Gasteiger partial charge in [-0.2, -0.15) is 13.2 Å². The number of carbonyl (C=O) groups is 1. The van der Waals surface area contributed by atoms with Crippen molar-refractivity contribution in [1.29, 1.82) is 0 Å². The molecular formula is C20H20F3NO2. The molecule has 6 heteroatoms. The van der Waals surface area contributed by atoms with E-state index in [4.69, 9.17) is 0 Å². The summed E-state index contributed by atoms with van der Waals surface area (Å²) >= 11 is 0. The van der Waals surface area contributed by atoms with E-state index in [0.29, 0.717) is 24.1 Å². The lowest BCUT2D eigenvalue weighted by Crippen LogP contribution is -2.19. The highest BCUT2D eigenvalue weighted by atomic mass is 19.4. The number of carbonyl (C=O) groups excluding carboxylic acids is 1. The van der Waals surface area contributed by atoms with Crippen molar-refractivity contribution >= 4 is 11.6 Å². The molecule has 138 valence electrons. The van der Waals surface area contributed by atoms with E-state index >= 15 is 0 Å². The van der Waals surface area contributed by atoms with Crippen LogP contribution in [0, 0.1) is 0 Å². The van der Waals surface area contributed by atoms with Crippen molar-refractivity contribution in [2.24, 2.45) is 0 Å². The molecule has 1 aliphatic carbocycles. The Labute approximate surface area is 149 Å². The molecule has 1 unspecified atom stereocenters. The van der Waals surface area contributed by atoms with Gasteiger partial charge < -0.3 is 10.4 Å². The zero-order valence-corrected chi connectivity index (χ0v) is 14.1. The van der Waals surface area contributed by atoms with Crippen LogP contribution in [0.15, 0.2) is 42.5 Å². The largest absolute Gasteiger partial charge is 0.416 e. The lowest BCUT2D eigenvalue weighted by molar-refractivity contribution is -0.137. The minimum absolute atomic E-state index is 0.186. The third-order valence-corrected chi connectivity index (χ3v) is 4.61. The Balaban J connectivity index is 1.55. The van der Waals surface area contributed by atoms with E-state index in [1.807, 2.05) is 18.2 Å².